The minimum Gasteiger partial charge on any atom is -0.321 e. The average Bonchev–Trinajstić information content (AvgIpc) is 3.24. The highest BCUT2D eigenvalue weighted by Gasteiger charge is 2.16. The standard InChI is InChI=1S/C20H23N7O/c1-11(2)26-18-14(8-22-26)6-16(10-21-18)25-20(28)17-7-15-9-23-27(12(3)4)19(15)24-13(17)5/h6-12H,1-5H3,(H,25,28). The summed E-state index contributed by atoms with van der Waals surface area (Å²) in [7, 11) is 0. The van der Waals surface area contributed by atoms with Crippen LogP contribution in [0, 0.1) is 6.92 Å². The number of aryl methyl sites for hydroxylation is 1. The van der Waals surface area contributed by atoms with Gasteiger partial charge in [0.1, 0.15) is 0 Å². The first-order valence-electron chi connectivity index (χ1n) is 9.34. The zero-order valence-corrected chi connectivity index (χ0v) is 16.6. The maximum atomic E-state index is 12.8. The molecule has 1 amide bonds. The van der Waals surface area contributed by atoms with Crippen molar-refractivity contribution in [2.24, 2.45) is 0 Å². The predicted octanol–water partition coefficient (Wildman–Crippen LogP) is 3.90. The molecule has 0 saturated carbocycles. The van der Waals surface area contributed by atoms with Gasteiger partial charge in [-0.2, -0.15) is 10.2 Å². The summed E-state index contributed by atoms with van der Waals surface area (Å²) in [6.45, 7) is 10.0. The summed E-state index contributed by atoms with van der Waals surface area (Å²) in [5, 5.41) is 13.4. The third-order valence-corrected chi connectivity index (χ3v) is 4.67. The Hall–Kier alpha value is -3.29. The van der Waals surface area contributed by atoms with E-state index in [1.54, 1.807) is 18.6 Å². The number of aromatic nitrogens is 6. The van der Waals surface area contributed by atoms with Gasteiger partial charge in [0.2, 0.25) is 0 Å². The third kappa shape index (κ3) is 3.00. The second-order valence-corrected chi connectivity index (χ2v) is 7.49. The number of rotatable bonds is 4. The topological polar surface area (TPSA) is 90.5 Å². The normalized spacial score (nSPS) is 11.8. The molecule has 0 atom stereocenters. The molecule has 0 unspecified atom stereocenters. The summed E-state index contributed by atoms with van der Waals surface area (Å²) in [6.07, 6.45) is 5.16. The molecular weight excluding hydrogens is 354 g/mol. The molecule has 0 fully saturated rings. The van der Waals surface area contributed by atoms with E-state index in [0.717, 1.165) is 22.1 Å². The molecular formula is C20H23N7O. The van der Waals surface area contributed by atoms with E-state index in [9.17, 15) is 4.79 Å². The van der Waals surface area contributed by atoms with Crippen LogP contribution in [0.25, 0.3) is 22.1 Å². The molecule has 0 radical (unpaired) electrons. The molecule has 4 rings (SSSR count). The Balaban J connectivity index is 1.65. The summed E-state index contributed by atoms with van der Waals surface area (Å²) in [5.41, 5.74) is 3.39. The van der Waals surface area contributed by atoms with Crippen molar-refractivity contribution < 1.29 is 4.79 Å². The Morgan fingerprint density at radius 3 is 2.18 bits per heavy atom. The highest BCUT2D eigenvalue weighted by molar-refractivity contribution is 6.07. The monoisotopic (exact) mass is 377 g/mol. The molecule has 1 N–H and O–H groups in total. The molecule has 8 heteroatoms. The van der Waals surface area contributed by atoms with Gasteiger partial charge in [0, 0.05) is 22.9 Å². The molecule has 0 aliphatic carbocycles. The summed E-state index contributed by atoms with van der Waals surface area (Å²) < 4.78 is 3.71. The van der Waals surface area contributed by atoms with Gasteiger partial charge >= 0.3 is 0 Å². The second kappa shape index (κ2) is 6.70. The van der Waals surface area contributed by atoms with Gasteiger partial charge < -0.3 is 5.32 Å². The SMILES string of the molecule is Cc1nc2c(cnn2C(C)C)cc1C(=O)Nc1cnc2c(cnn2C(C)C)c1. The molecule has 4 heterocycles. The van der Waals surface area contributed by atoms with Crippen LogP contribution in [0.4, 0.5) is 5.69 Å². The number of hydrogen-bond acceptors (Lipinski definition) is 5. The van der Waals surface area contributed by atoms with Crippen molar-refractivity contribution in [1.82, 2.24) is 29.5 Å². The van der Waals surface area contributed by atoms with Crippen LogP contribution < -0.4 is 5.32 Å². The number of anilines is 1. The molecule has 0 aliphatic heterocycles. The third-order valence-electron chi connectivity index (χ3n) is 4.67. The van der Waals surface area contributed by atoms with Crippen molar-refractivity contribution in [3.05, 3.63) is 42.0 Å². The van der Waals surface area contributed by atoms with E-state index in [1.807, 2.05) is 28.4 Å². The van der Waals surface area contributed by atoms with Gasteiger partial charge in [-0.05, 0) is 46.8 Å². The lowest BCUT2D eigenvalue weighted by Gasteiger charge is -2.10. The Kier molecular flexibility index (Phi) is 4.33. The molecule has 28 heavy (non-hydrogen) atoms. The van der Waals surface area contributed by atoms with Crippen LogP contribution in [0.1, 0.15) is 55.8 Å². The Bertz CT molecular complexity index is 1190. The molecule has 0 saturated heterocycles. The van der Waals surface area contributed by atoms with E-state index < -0.39 is 0 Å². The molecule has 144 valence electrons. The Morgan fingerprint density at radius 2 is 1.54 bits per heavy atom. The lowest BCUT2D eigenvalue weighted by molar-refractivity contribution is 0.102. The van der Waals surface area contributed by atoms with Crippen molar-refractivity contribution in [1.29, 1.82) is 0 Å². The van der Waals surface area contributed by atoms with Crippen molar-refractivity contribution in [2.45, 2.75) is 46.7 Å². The zero-order chi connectivity index (χ0) is 20.0. The lowest BCUT2D eigenvalue weighted by atomic mass is 10.1. The summed E-state index contributed by atoms with van der Waals surface area (Å²) >= 11 is 0. The number of fused-ring (bicyclic) bond motifs is 2. The van der Waals surface area contributed by atoms with Crippen LogP contribution >= 0.6 is 0 Å². The summed E-state index contributed by atoms with van der Waals surface area (Å²) in [5.74, 6) is -0.221. The largest absolute Gasteiger partial charge is 0.321 e. The maximum Gasteiger partial charge on any atom is 0.257 e. The van der Waals surface area contributed by atoms with Crippen molar-refractivity contribution in [3.63, 3.8) is 0 Å². The fourth-order valence-electron chi connectivity index (χ4n) is 3.26. The smallest absolute Gasteiger partial charge is 0.257 e. The molecule has 4 aromatic rings. The number of pyridine rings is 2. The van der Waals surface area contributed by atoms with Gasteiger partial charge in [-0.3, -0.25) is 4.79 Å². The van der Waals surface area contributed by atoms with Gasteiger partial charge in [0.05, 0.1) is 35.5 Å². The average molecular weight is 377 g/mol. The van der Waals surface area contributed by atoms with Crippen LogP contribution in [0.5, 0.6) is 0 Å². The van der Waals surface area contributed by atoms with E-state index >= 15 is 0 Å². The first-order valence-corrected chi connectivity index (χ1v) is 9.34. The zero-order valence-electron chi connectivity index (χ0n) is 16.6. The van der Waals surface area contributed by atoms with Crippen LogP contribution in [-0.2, 0) is 0 Å². The molecule has 0 aliphatic rings. The number of nitrogens with one attached hydrogen (secondary N) is 1. The maximum absolute atomic E-state index is 12.8. The number of carbonyl (C=O) groups excluding carboxylic acids is 1. The fraction of sp³-hybridized carbons (Fsp3) is 0.350. The van der Waals surface area contributed by atoms with Gasteiger partial charge in [-0.15, -0.1) is 0 Å². The van der Waals surface area contributed by atoms with Gasteiger partial charge in [0.25, 0.3) is 5.91 Å². The van der Waals surface area contributed by atoms with E-state index in [-0.39, 0.29) is 18.0 Å². The van der Waals surface area contributed by atoms with Crippen molar-refractivity contribution in [2.75, 3.05) is 5.32 Å². The Labute approximate surface area is 162 Å². The number of carbonyl (C=O) groups is 1. The Morgan fingerprint density at radius 1 is 0.929 bits per heavy atom. The second-order valence-electron chi connectivity index (χ2n) is 7.49. The summed E-state index contributed by atoms with van der Waals surface area (Å²) in [4.78, 5) is 21.9. The van der Waals surface area contributed by atoms with Crippen LogP contribution in [0.2, 0.25) is 0 Å². The van der Waals surface area contributed by atoms with E-state index in [1.165, 1.54) is 0 Å². The van der Waals surface area contributed by atoms with E-state index in [2.05, 4.69) is 53.2 Å². The highest BCUT2D eigenvalue weighted by Crippen LogP contribution is 2.22. The molecule has 8 nitrogen and oxygen atoms in total. The minimum absolute atomic E-state index is 0.202. The first kappa shape index (κ1) is 18.1. The lowest BCUT2D eigenvalue weighted by Crippen LogP contribution is -2.15. The van der Waals surface area contributed by atoms with Gasteiger partial charge in [-0.25, -0.2) is 19.3 Å². The van der Waals surface area contributed by atoms with Gasteiger partial charge in [-0.1, -0.05) is 0 Å². The molecule has 0 aromatic carbocycles. The van der Waals surface area contributed by atoms with Crippen molar-refractivity contribution >= 4 is 33.7 Å². The number of amides is 1. The quantitative estimate of drug-likeness (QED) is 0.582. The van der Waals surface area contributed by atoms with Crippen LogP contribution in [-0.4, -0.2) is 35.4 Å². The highest BCUT2D eigenvalue weighted by atomic mass is 16.1. The van der Waals surface area contributed by atoms with Crippen LogP contribution in [0.15, 0.2) is 30.7 Å². The van der Waals surface area contributed by atoms with E-state index in [0.29, 0.717) is 16.9 Å². The number of hydrogen-bond donors (Lipinski definition) is 1. The van der Waals surface area contributed by atoms with E-state index in [4.69, 9.17) is 0 Å². The summed E-state index contributed by atoms with van der Waals surface area (Å²) in [6, 6.07) is 4.14. The van der Waals surface area contributed by atoms with Crippen molar-refractivity contribution in [3.8, 4) is 0 Å². The minimum atomic E-state index is -0.221. The molecule has 4 aromatic heterocycles. The van der Waals surface area contributed by atoms with Crippen LogP contribution in [0.3, 0.4) is 0 Å². The fourth-order valence-corrected chi connectivity index (χ4v) is 3.26. The first-order chi connectivity index (χ1) is 13.3. The number of nitrogens with zero attached hydrogens (tertiary/aromatic N) is 6. The molecule has 0 spiro atoms. The molecule has 0 bridgehead atoms. The van der Waals surface area contributed by atoms with Gasteiger partial charge in [0.15, 0.2) is 11.3 Å². The predicted molar refractivity (Wildman–Crippen MR) is 109 cm³/mol.